The van der Waals surface area contributed by atoms with Crippen molar-refractivity contribution in [1.82, 2.24) is 0 Å². The van der Waals surface area contributed by atoms with Crippen molar-refractivity contribution < 1.29 is 14.9 Å². The number of hydrogen-bond acceptors (Lipinski definition) is 4. The molecule has 3 aliphatic rings. The zero-order chi connectivity index (χ0) is 24.9. The predicted molar refractivity (Wildman–Crippen MR) is 138 cm³/mol. The number of aliphatic hydroxyl groups excluding tert-OH is 2. The molecule has 2 N–H and O–H groups in total. The molecule has 3 aliphatic carbocycles. The summed E-state index contributed by atoms with van der Waals surface area (Å²) in [4.78, 5) is 0. The highest BCUT2D eigenvalue weighted by molar-refractivity contribution is 5.40. The molecule has 0 aromatic rings. The van der Waals surface area contributed by atoms with Gasteiger partial charge in [0, 0.05) is 6.42 Å². The van der Waals surface area contributed by atoms with Crippen LogP contribution >= 0.6 is 0 Å². The number of nitrogens with zero attached hydrogens (tertiary/aromatic N) is 1. The predicted octanol–water partition coefficient (Wildman–Crippen LogP) is 6.50. The Bertz CT molecular complexity index is 806. The van der Waals surface area contributed by atoms with Gasteiger partial charge in [-0.25, -0.2) is 0 Å². The quantitative estimate of drug-likeness (QED) is 0.378. The van der Waals surface area contributed by atoms with E-state index in [2.05, 4.69) is 46.4 Å². The topological polar surface area (TPSA) is 73.5 Å². The second kappa shape index (κ2) is 12.0. The Morgan fingerprint density at radius 3 is 2.68 bits per heavy atom. The molecule has 4 nitrogen and oxygen atoms in total. The highest BCUT2D eigenvalue weighted by Crippen LogP contribution is 2.60. The summed E-state index contributed by atoms with van der Waals surface area (Å²) in [5.41, 5.74) is 3.48. The van der Waals surface area contributed by atoms with Gasteiger partial charge in [-0.2, -0.15) is 5.26 Å². The summed E-state index contributed by atoms with van der Waals surface area (Å²) < 4.78 is 5.58. The molecule has 0 amide bonds. The van der Waals surface area contributed by atoms with Gasteiger partial charge in [-0.3, -0.25) is 0 Å². The average molecular weight is 470 g/mol. The number of hydrogen-bond donors (Lipinski definition) is 2. The van der Waals surface area contributed by atoms with Crippen LogP contribution < -0.4 is 0 Å². The van der Waals surface area contributed by atoms with E-state index >= 15 is 0 Å². The first-order chi connectivity index (χ1) is 16.2. The maximum absolute atomic E-state index is 10.7. The van der Waals surface area contributed by atoms with Gasteiger partial charge in [-0.15, -0.1) is 0 Å². The van der Waals surface area contributed by atoms with Crippen molar-refractivity contribution in [2.45, 2.75) is 110 Å². The van der Waals surface area contributed by atoms with E-state index in [0.29, 0.717) is 23.3 Å². The molecule has 3 rings (SSSR count). The van der Waals surface area contributed by atoms with Gasteiger partial charge < -0.3 is 14.9 Å². The Balaban J connectivity index is 1.68. The SMILES string of the molecule is C=C1/C(=C\C=C2CCC[C@@]3(C)C2CC[C@@H]3[C@H](C)CCCC(C)C)C[C@@H](O)[C@H](OCCC#N)[C@H]1O. The smallest absolute Gasteiger partial charge is 0.114 e. The first kappa shape index (κ1) is 27.2. The fourth-order valence-electron chi connectivity index (χ4n) is 7.16. The molecule has 4 heteroatoms. The molecule has 0 saturated heterocycles. The molecule has 1 unspecified atom stereocenters. The van der Waals surface area contributed by atoms with E-state index in [1.807, 2.05) is 6.07 Å². The monoisotopic (exact) mass is 469 g/mol. The fourth-order valence-corrected chi connectivity index (χ4v) is 7.16. The molecular formula is C30H47NO3. The highest BCUT2D eigenvalue weighted by Gasteiger charge is 2.50. The standard InChI is InChI=1S/C30H47NO3/c1-20(2)9-6-10-21(3)25-14-15-26-23(11-7-16-30(25,26)5)12-13-24-19-27(32)29(28(33)22(24)4)34-18-8-17-31/h12-13,20-21,25-29,32-33H,4,6-11,14-16,18-19H2,1-3,5H3/b23-12?,24-13-/t21-,25-,26?,27-,28+,29+,30-/m1/s1. The molecule has 7 atom stereocenters. The van der Waals surface area contributed by atoms with Gasteiger partial charge in [-0.1, -0.05) is 71.3 Å². The third kappa shape index (κ3) is 6.04. The summed E-state index contributed by atoms with van der Waals surface area (Å²) in [5, 5.41) is 30.0. The first-order valence-corrected chi connectivity index (χ1v) is 13.6. The molecule has 3 fully saturated rings. The van der Waals surface area contributed by atoms with Crippen LogP contribution in [0, 0.1) is 40.4 Å². The Labute approximate surface area is 207 Å². The van der Waals surface area contributed by atoms with E-state index in [9.17, 15) is 10.2 Å². The van der Waals surface area contributed by atoms with Crippen LogP contribution in [0.25, 0.3) is 0 Å². The molecular weight excluding hydrogens is 422 g/mol. The van der Waals surface area contributed by atoms with E-state index in [4.69, 9.17) is 10.00 Å². The number of aliphatic hydroxyl groups is 2. The molecule has 0 aliphatic heterocycles. The lowest BCUT2D eigenvalue weighted by atomic mass is 9.60. The Kier molecular flexibility index (Phi) is 9.61. The normalized spacial score (nSPS) is 37.2. The molecule has 0 bridgehead atoms. The molecule has 0 radical (unpaired) electrons. The number of allylic oxidation sites excluding steroid dienone is 3. The highest BCUT2D eigenvalue weighted by atomic mass is 16.5. The van der Waals surface area contributed by atoms with E-state index in [0.717, 1.165) is 29.7 Å². The first-order valence-electron chi connectivity index (χ1n) is 13.6. The lowest BCUT2D eigenvalue weighted by molar-refractivity contribution is -0.0935. The molecule has 0 spiro atoms. The van der Waals surface area contributed by atoms with E-state index in [-0.39, 0.29) is 13.0 Å². The molecule has 0 heterocycles. The van der Waals surface area contributed by atoms with Crippen molar-refractivity contribution in [3.8, 4) is 6.07 Å². The van der Waals surface area contributed by atoms with Gasteiger partial charge in [0.25, 0.3) is 0 Å². The van der Waals surface area contributed by atoms with Crippen LogP contribution in [0.4, 0.5) is 0 Å². The van der Waals surface area contributed by atoms with E-state index in [1.165, 1.54) is 44.9 Å². The Morgan fingerprint density at radius 1 is 1.21 bits per heavy atom. The zero-order valence-corrected chi connectivity index (χ0v) is 21.9. The molecule has 0 aromatic carbocycles. The van der Waals surface area contributed by atoms with Gasteiger partial charge in [0.15, 0.2) is 0 Å². The van der Waals surface area contributed by atoms with Crippen LogP contribution in [-0.4, -0.2) is 35.1 Å². The minimum Gasteiger partial charge on any atom is -0.390 e. The van der Waals surface area contributed by atoms with Crippen molar-refractivity contribution in [2.75, 3.05) is 6.61 Å². The Morgan fingerprint density at radius 2 is 1.97 bits per heavy atom. The lowest BCUT2D eigenvalue weighted by Gasteiger charge is -2.44. The molecule has 190 valence electrons. The third-order valence-electron chi connectivity index (χ3n) is 9.08. The second-order valence-corrected chi connectivity index (χ2v) is 11.8. The van der Waals surface area contributed by atoms with Crippen LogP contribution in [0.1, 0.15) is 91.9 Å². The molecule has 0 aromatic heterocycles. The number of nitriles is 1. The van der Waals surface area contributed by atoms with Crippen molar-refractivity contribution >= 4 is 0 Å². The number of ether oxygens (including phenoxy) is 1. The maximum atomic E-state index is 10.7. The summed E-state index contributed by atoms with van der Waals surface area (Å²) in [6, 6.07) is 2.03. The summed E-state index contributed by atoms with van der Waals surface area (Å²) in [6.07, 6.45) is 13.0. The molecule has 3 saturated carbocycles. The van der Waals surface area contributed by atoms with E-state index in [1.54, 1.807) is 5.57 Å². The van der Waals surface area contributed by atoms with Crippen LogP contribution in [0.15, 0.2) is 35.5 Å². The van der Waals surface area contributed by atoms with Gasteiger partial charge >= 0.3 is 0 Å². The third-order valence-corrected chi connectivity index (χ3v) is 9.08. The minimum absolute atomic E-state index is 0.211. The minimum atomic E-state index is -0.939. The van der Waals surface area contributed by atoms with Crippen molar-refractivity contribution in [3.05, 3.63) is 35.5 Å². The average Bonchev–Trinajstić information content (AvgIpc) is 3.15. The van der Waals surface area contributed by atoms with E-state index < -0.39 is 18.3 Å². The van der Waals surface area contributed by atoms with Gasteiger partial charge in [0.05, 0.1) is 25.2 Å². The number of rotatable bonds is 9. The van der Waals surface area contributed by atoms with Gasteiger partial charge in [0.1, 0.15) is 12.2 Å². The van der Waals surface area contributed by atoms with Gasteiger partial charge in [0.2, 0.25) is 0 Å². The van der Waals surface area contributed by atoms with Crippen LogP contribution in [0.3, 0.4) is 0 Å². The molecule has 34 heavy (non-hydrogen) atoms. The maximum Gasteiger partial charge on any atom is 0.114 e. The summed E-state index contributed by atoms with van der Waals surface area (Å²) in [7, 11) is 0. The van der Waals surface area contributed by atoms with Gasteiger partial charge in [-0.05, 0) is 72.3 Å². The largest absolute Gasteiger partial charge is 0.390 e. The number of fused-ring (bicyclic) bond motifs is 1. The fraction of sp³-hybridized carbons (Fsp3) is 0.767. The zero-order valence-electron chi connectivity index (χ0n) is 21.9. The van der Waals surface area contributed by atoms with Crippen molar-refractivity contribution in [1.29, 1.82) is 5.26 Å². The van der Waals surface area contributed by atoms with Crippen LogP contribution in [-0.2, 0) is 4.74 Å². The summed E-state index contributed by atoms with van der Waals surface area (Å²) >= 11 is 0. The van der Waals surface area contributed by atoms with Crippen LogP contribution in [0.5, 0.6) is 0 Å². The van der Waals surface area contributed by atoms with Crippen molar-refractivity contribution in [3.63, 3.8) is 0 Å². The lowest BCUT2D eigenvalue weighted by Crippen LogP contribution is -2.45. The summed E-state index contributed by atoms with van der Waals surface area (Å²) in [5.74, 6) is 3.03. The second-order valence-electron chi connectivity index (χ2n) is 11.8. The van der Waals surface area contributed by atoms with Crippen LogP contribution in [0.2, 0.25) is 0 Å². The Hall–Kier alpha value is -1.41. The van der Waals surface area contributed by atoms with Crippen molar-refractivity contribution in [2.24, 2.45) is 29.1 Å². The summed E-state index contributed by atoms with van der Waals surface area (Å²) in [6.45, 7) is 14.0.